The molecule has 0 unspecified atom stereocenters. The molecule has 0 heterocycles. The lowest BCUT2D eigenvalue weighted by atomic mass is 9.43. The van der Waals surface area contributed by atoms with E-state index < -0.39 is 5.67 Å². The minimum Gasteiger partial charge on any atom is -0.412 e. The Morgan fingerprint density at radius 2 is 1.57 bits per heavy atom. The minimum absolute atomic E-state index is 0. The van der Waals surface area contributed by atoms with E-state index in [9.17, 15) is 10.2 Å². The maximum Gasteiger partial charge on any atom is 0.119 e. The van der Waals surface area contributed by atoms with Crippen LogP contribution in [0.25, 0.3) is 0 Å². The van der Waals surface area contributed by atoms with Crippen LogP contribution < -0.4 is 0 Å². The van der Waals surface area contributed by atoms with Crippen molar-refractivity contribution in [1.82, 2.24) is 0 Å². The zero-order valence-corrected chi connectivity index (χ0v) is 14.5. The zero-order chi connectivity index (χ0) is 15.8. The van der Waals surface area contributed by atoms with Gasteiger partial charge in [0.1, 0.15) is 5.67 Å². The van der Waals surface area contributed by atoms with Crippen molar-refractivity contribution in [1.29, 1.82) is 0 Å². The van der Waals surface area contributed by atoms with Crippen LogP contribution >= 0.6 is 0 Å². The second kappa shape index (κ2) is 5.40. The normalized spacial score (nSPS) is 58.6. The van der Waals surface area contributed by atoms with Gasteiger partial charge in [0.15, 0.2) is 0 Å². The first-order chi connectivity index (χ1) is 10.3. The van der Waals surface area contributed by atoms with Crippen LogP contribution in [0.5, 0.6) is 0 Å². The summed E-state index contributed by atoms with van der Waals surface area (Å²) in [5.41, 5.74) is -1.40. The molecule has 8 atom stereocenters. The monoisotopic (exact) mass is 328 g/mol. The summed E-state index contributed by atoms with van der Waals surface area (Å²) in [5.74, 6) is 0.818. The summed E-state index contributed by atoms with van der Waals surface area (Å²) in [6.07, 6.45) is 7.24. The van der Waals surface area contributed by atoms with E-state index in [1.165, 1.54) is 0 Å². The number of fused-ring (bicyclic) bond motifs is 5. The quantitative estimate of drug-likeness (QED) is 0.717. The molecular weight excluding hydrogens is 295 g/mol. The summed E-state index contributed by atoms with van der Waals surface area (Å²) >= 11 is 0. The number of aliphatic hydroxyl groups excluding tert-OH is 2. The lowest BCUT2D eigenvalue weighted by Crippen LogP contribution is -2.63. The van der Waals surface area contributed by atoms with Crippen molar-refractivity contribution in [3.63, 3.8) is 0 Å². The van der Waals surface area contributed by atoms with Crippen LogP contribution in [0.1, 0.15) is 71.6 Å². The summed E-state index contributed by atoms with van der Waals surface area (Å²) in [6.45, 7) is 4.37. The summed E-state index contributed by atoms with van der Waals surface area (Å²) in [5, 5.41) is 20.4. The van der Waals surface area contributed by atoms with Gasteiger partial charge in [-0.15, -0.1) is 0 Å². The van der Waals surface area contributed by atoms with Gasteiger partial charge in [0.2, 0.25) is 0 Å². The standard InChI is InChI=1S/C19H31FO2.H2O/c1-17-9-10-19(20)15(14(17)5-6-16(17)22)4-3-12-11-13(21)7-8-18(12,19)2;/h12-16,21-22H,3-11H2,1-2H3;1H2/t12-,13-,14-,15-,16-,17-,18-,19+;/m0./s1. The zero-order valence-electron chi connectivity index (χ0n) is 14.5. The predicted octanol–water partition coefficient (Wildman–Crippen LogP) is 3.02. The number of hydrogen-bond acceptors (Lipinski definition) is 2. The molecule has 3 nitrogen and oxygen atoms in total. The number of halogens is 1. The average Bonchev–Trinajstić information content (AvgIpc) is 2.77. The molecule has 4 N–H and O–H groups in total. The fourth-order valence-electron chi connectivity index (χ4n) is 7.09. The van der Waals surface area contributed by atoms with Gasteiger partial charge in [-0.25, -0.2) is 4.39 Å². The largest absolute Gasteiger partial charge is 0.412 e. The van der Waals surface area contributed by atoms with Crippen LogP contribution in [0.2, 0.25) is 0 Å². The Kier molecular flexibility index (Phi) is 4.14. The predicted molar refractivity (Wildman–Crippen MR) is 87.7 cm³/mol. The Morgan fingerprint density at radius 1 is 0.870 bits per heavy atom. The van der Waals surface area contributed by atoms with Crippen LogP contribution in [0.3, 0.4) is 0 Å². The molecule has 4 heteroatoms. The molecule has 4 saturated carbocycles. The van der Waals surface area contributed by atoms with Crippen LogP contribution in [-0.2, 0) is 0 Å². The summed E-state index contributed by atoms with van der Waals surface area (Å²) in [4.78, 5) is 0. The first-order valence-corrected chi connectivity index (χ1v) is 9.36. The van der Waals surface area contributed by atoms with E-state index in [0.717, 1.165) is 51.4 Å². The molecule has 0 aromatic heterocycles. The Hall–Kier alpha value is -0.190. The molecule has 0 aliphatic heterocycles. The maximum atomic E-state index is 16.4. The number of alkyl halides is 1. The van der Waals surface area contributed by atoms with E-state index in [0.29, 0.717) is 18.3 Å². The summed E-state index contributed by atoms with van der Waals surface area (Å²) in [7, 11) is 0. The molecule has 4 fully saturated rings. The van der Waals surface area contributed by atoms with Gasteiger partial charge in [0, 0.05) is 5.41 Å². The Morgan fingerprint density at radius 3 is 2.30 bits per heavy atom. The van der Waals surface area contributed by atoms with E-state index in [1.54, 1.807) is 0 Å². The molecule has 4 aliphatic rings. The first-order valence-electron chi connectivity index (χ1n) is 9.36. The highest BCUT2D eigenvalue weighted by Gasteiger charge is 2.68. The van der Waals surface area contributed by atoms with Crippen molar-refractivity contribution < 1.29 is 20.1 Å². The Balaban J connectivity index is 0.00000156. The fourth-order valence-corrected chi connectivity index (χ4v) is 7.09. The van der Waals surface area contributed by atoms with E-state index in [2.05, 4.69) is 13.8 Å². The third-order valence-electron chi connectivity index (χ3n) is 8.69. The smallest absolute Gasteiger partial charge is 0.119 e. The van der Waals surface area contributed by atoms with Crippen molar-refractivity contribution in [3.05, 3.63) is 0 Å². The molecule has 4 aliphatic carbocycles. The molecule has 0 saturated heterocycles. The van der Waals surface area contributed by atoms with Crippen molar-refractivity contribution >= 4 is 0 Å². The Labute approximate surface area is 139 Å². The molecule has 0 aromatic rings. The minimum atomic E-state index is -1.08. The number of aliphatic hydroxyl groups is 2. The van der Waals surface area contributed by atoms with Gasteiger partial charge < -0.3 is 15.7 Å². The van der Waals surface area contributed by atoms with E-state index in [4.69, 9.17) is 0 Å². The van der Waals surface area contributed by atoms with Gasteiger partial charge in [0.25, 0.3) is 0 Å². The van der Waals surface area contributed by atoms with Crippen molar-refractivity contribution in [2.75, 3.05) is 0 Å². The molecule has 23 heavy (non-hydrogen) atoms. The molecule has 0 spiro atoms. The number of hydrogen-bond donors (Lipinski definition) is 2. The number of rotatable bonds is 0. The molecule has 0 bridgehead atoms. The van der Waals surface area contributed by atoms with Gasteiger partial charge in [-0.2, -0.15) is 0 Å². The van der Waals surface area contributed by atoms with Crippen LogP contribution in [0.15, 0.2) is 0 Å². The highest BCUT2D eigenvalue weighted by molar-refractivity contribution is 5.17. The Bertz CT molecular complexity index is 472. The molecule has 134 valence electrons. The van der Waals surface area contributed by atoms with E-state index in [-0.39, 0.29) is 34.4 Å². The van der Waals surface area contributed by atoms with E-state index >= 15 is 4.39 Å². The van der Waals surface area contributed by atoms with Crippen molar-refractivity contribution in [2.45, 2.75) is 89.5 Å². The summed E-state index contributed by atoms with van der Waals surface area (Å²) in [6, 6.07) is 0. The van der Waals surface area contributed by atoms with Crippen molar-refractivity contribution in [2.24, 2.45) is 28.6 Å². The second-order valence-corrected chi connectivity index (χ2v) is 9.29. The lowest BCUT2D eigenvalue weighted by Gasteiger charge is -2.63. The van der Waals surface area contributed by atoms with Crippen LogP contribution in [0, 0.1) is 28.6 Å². The lowest BCUT2D eigenvalue weighted by molar-refractivity contribution is -0.205. The fraction of sp³-hybridized carbons (Fsp3) is 1.00. The van der Waals surface area contributed by atoms with Gasteiger partial charge in [-0.1, -0.05) is 13.8 Å². The molecule has 0 radical (unpaired) electrons. The van der Waals surface area contributed by atoms with Gasteiger partial charge in [-0.3, -0.25) is 0 Å². The van der Waals surface area contributed by atoms with Crippen molar-refractivity contribution in [3.8, 4) is 0 Å². The maximum absolute atomic E-state index is 16.4. The van der Waals surface area contributed by atoms with Gasteiger partial charge in [0.05, 0.1) is 12.2 Å². The molecular formula is C19H33FO3. The summed E-state index contributed by atoms with van der Waals surface area (Å²) < 4.78 is 16.4. The third kappa shape index (κ3) is 2.10. The van der Waals surface area contributed by atoms with Gasteiger partial charge >= 0.3 is 0 Å². The molecule has 0 amide bonds. The van der Waals surface area contributed by atoms with Crippen LogP contribution in [0.4, 0.5) is 4.39 Å². The topological polar surface area (TPSA) is 72.0 Å². The highest BCUT2D eigenvalue weighted by atomic mass is 19.1. The second-order valence-electron chi connectivity index (χ2n) is 9.29. The molecule has 4 rings (SSSR count). The average molecular weight is 328 g/mol. The SMILES string of the molecule is C[C@]12CC[C@@]3(F)[C@@H](CC[C@H]4C[C@@H](O)CC[C@@]43C)[C@@H]1CC[C@@H]2O.O. The third-order valence-corrected chi connectivity index (χ3v) is 8.69. The molecule has 0 aromatic carbocycles. The van der Waals surface area contributed by atoms with E-state index in [1.807, 2.05) is 0 Å². The first kappa shape index (κ1) is 17.6. The highest BCUT2D eigenvalue weighted by Crippen LogP contribution is 2.69. The van der Waals surface area contributed by atoms with Gasteiger partial charge in [-0.05, 0) is 81.0 Å². The van der Waals surface area contributed by atoms with Crippen LogP contribution in [-0.4, -0.2) is 33.6 Å².